The van der Waals surface area contributed by atoms with Crippen LogP contribution < -0.4 is 0 Å². The van der Waals surface area contributed by atoms with Crippen LogP contribution in [0.1, 0.15) is 51.4 Å². The van der Waals surface area contributed by atoms with Crippen LogP contribution in [0.25, 0.3) is 0 Å². The average molecular weight is 178 g/mol. The molecule has 0 bridgehead atoms. The maximum Gasteiger partial charge on any atom is 0.120 e. The Bertz CT molecular complexity index is 126. The third-order valence-electron chi connectivity index (χ3n) is 3.21. The monoisotopic (exact) mass is 178 g/mol. The lowest BCUT2D eigenvalue weighted by molar-refractivity contribution is 0.585. The fourth-order valence-corrected chi connectivity index (χ4v) is 2.18. The van der Waals surface area contributed by atoms with E-state index in [1.807, 2.05) is 0 Å². The second kappa shape index (κ2) is 7.23. The summed E-state index contributed by atoms with van der Waals surface area (Å²) < 4.78 is 0. The lowest BCUT2D eigenvalue weighted by Gasteiger charge is -2.12. The van der Waals surface area contributed by atoms with Crippen LogP contribution in [0.5, 0.6) is 0 Å². The van der Waals surface area contributed by atoms with Gasteiger partial charge in [-0.05, 0) is 25.7 Å². The maximum atomic E-state index is 2.38. The molecule has 0 saturated heterocycles. The van der Waals surface area contributed by atoms with Gasteiger partial charge in [-0.2, -0.15) is 0 Å². The van der Waals surface area contributed by atoms with E-state index in [1.165, 1.54) is 58.6 Å². The van der Waals surface area contributed by atoms with Crippen molar-refractivity contribution in [2.24, 2.45) is 0 Å². The van der Waals surface area contributed by atoms with Crippen LogP contribution in [0.2, 0.25) is 12.6 Å². The first-order valence-electron chi connectivity index (χ1n) is 6.08. The third-order valence-corrected chi connectivity index (χ3v) is 3.21. The van der Waals surface area contributed by atoms with Crippen molar-refractivity contribution in [1.82, 2.24) is 0 Å². The molecule has 0 saturated carbocycles. The summed E-state index contributed by atoms with van der Waals surface area (Å²) >= 11 is 0. The topological polar surface area (TPSA) is 0 Å². The molecule has 0 nitrogen and oxygen atoms in total. The van der Waals surface area contributed by atoms with Crippen molar-refractivity contribution in [3.05, 3.63) is 12.2 Å². The van der Waals surface area contributed by atoms with Gasteiger partial charge in [-0.15, -0.1) is 0 Å². The first-order chi connectivity index (χ1) is 6.43. The lowest BCUT2D eigenvalue weighted by atomic mass is 9.63. The Hall–Kier alpha value is -0.195. The molecule has 0 aliphatic heterocycles. The van der Waals surface area contributed by atoms with Crippen molar-refractivity contribution in [2.75, 3.05) is 0 Å². The highest BCUT2D eigenvalue weighted by Gasteiger charge is 2.06. The zero-order valence-electron chi connectivity index (χ0n) is 9.10. The number of hydrogen-bond acceptors (Lipinski definition) is 0. The molecule has 0 atom stereocenters. The largest absolute Gasteiger partial charge is 0.120 e. The van der Waals surface area contributed by atoms with E-state index in [2.05, 4.69) is 19.0 Å². The molecular weight excluding hydrogens is 155 g/mol. The van der Waals surface area contributed by atoms with Crippen LogP contribution in [0, 0.1) is 0 Å². The fraction of sp³-hybridized carbons (Fsp3) is 0.833. The van der Waals surface area contributed by atoms with E-state index in [0.29, 0.717) is 0 Å². The first kappa shape index (κ1) is 10.9. The minimum Gasteiger partial charge on any atom is -0.0891 e. The van der Waals surface area contributed by atoms with Crippen LogP contribution in [-0.2, 0) is 0 Å². The molecule has 13 heavy (non-hydrogen) atoms. The summed E-state index contributed by atoms with van der Waals surface area (Å²) in [4.78, 5) is 0. The van der Waals surface area contributed by atoms with E-state index in [-0.39, 0.29) is 0 Å². The normalized spacial score (nSPS) is 24.7. The van der Waals surface area contributed by atoms with E-state index in [0.717, 1.165) is 5.82 Å². The van der Waals surface area contributed by atoms with E-state index in [4.69, 9.17) is 0 Å². The van der Waals surface area contributed by atoms with Gasteiger partial charge in [-0.25, -0.2) is 0 Å². The second-order valence-electron chi connectivity index (χ2n) is 4.31. The number of allylic oxidation sites excluding steroid dienone is 2. The second-order valence-corrected chi connectivity index (χ2v) is 4.31. The smallest absolute Gasteiger partial charge is 0.0891 e. The van der Waals surface area contributed by atoms with Gasteiger partial charge in [0.1, 0.15) is 7.28 Å². The Labute approximate surface area is 84.0 Å². The molecular formula is C12H23B. The molecule has 1 heteroatoms. The zero-order valence-corrected chi connectivity index (χ0v) is 9.10. The van der Waals surface area contributed by atoms with Crippen molar-refractivity contribution in [3.63, 3.8) is 0 Å². The van der Waals surface area contributed by atoms with Crippen LogP contribution in [-0.4, -0.2) is 7.28 Å². The molecule has 0 N–H and O–H groups in total. The summed E-state index contributed by atoms with van der Waals surface area (Å²) in [6.07, 6.45) is 16.1. The van der Waals surface area contributed by atoms with Crippen molar-refractivity contribution in [2.45, 2.75) is 64.0 Å². The minimum absolute atomic E-state index is 1.03. The van der Waals surface area contributed by atoms with Gasteiger partial charge in [0.25, 0.3) is 0 Å². The maximum absolute atomic E-state index is 2.38. The fourth-order valence-electron chi connectivity index (χ4n) is 2.18. The van der Waals surface area contributed by atoms with Gasteiger partial charge in [-0.1, -0.05) is 50.5 Å². The molecule has 0 aromatic heterocycles. The minimum atomic E-state index is 1.03. The Balaban J connectivity index is 2.25. The van der Waals surface area contributed by atoms with Crippen molar-refractivity contribution in [1.29, 1.82) is 0 Å². The van der Waals surface area contributed by atoms with Crippen LogP contribution >= 0.6 is 0 Å². The van der Waals surface area contributed by atoms with Gasteiger partial charge < -0.3 is 0 Å². The van der Waals surface area contributed by atoms with Crippen LogP contribution in [0.4, 0.5) is 0 Å². The van der Waals surface area contributed by atoms with Gasteiger partial charge >= 0.3 is 0 Å². The Morgan fingerprint density at radius 1 is 0.923 bits per heavy atom. The molecule has 0 spiro atoms. The third kappa shape index (κ3) is 5.18. The highest BCUT2D eigenvalue weighted by Crippen LogP contribution is 2.22. The van der Waals surface area contributed by atoms with E-state index < -0.39 is 0 Å². The van der Waals surface area contributed by atoms with E-state index >= 15 is 0 Å². The SMILES string of the molecule is CBC1CCCC/C=C\CCCC1. The van der Waals surface area contributed by atoms with Gasteiger partial charge in [-0.3, -0.25) is 0 Å². The quantitative estimate of drug-likeness (QED) is 0.421. The van der Waals surface area contributed by atoms with Crippen molar-refractivity contribution >= 4 is 7.28 Å². The van der Waals surface area contributed by atoms with E-state index in [1.54, 1.807) is 0 Å². The first-order valence-corrected chi connectivity index (χ1v) is 6.08. The molecule has 0 heterocycles. The molecule has 1 aliphatic rings. The molecule has 0 aromatic rings. The molecule has 1 aliphatic carbocycles. The highest BCUT2D eigenvalue weighted by atomic mass is 14.0. The predicted octanol–water partition coefficient (Wildman–Crippen LogP) is 3.95. The molecule has 0 fully saturated rings. The summed E-state index contributed by atoms with van der Waals surface area (Å²) in [6, 6.07) is 0. The zero-order chi connectivity index (χ0) is 9.36. The van der Waals surface area contributed by atoms with Gasteiger partial charge in [0.05, 0.1) is 0 Å². The highest BCUT2D eigenvalue weighted by molar-refractivity contribution is 6.35. The van der Waals surface area contributed by atoms with Crippen LogP contribution in [0.15, 0.2) is 12.2 Å². The molecule has 0 aromatic carbocycles. The average Bonchev–Trinajstić information content (AvgIpc) is 2.22. The summed E-state index contributed by atoms with van der Waals surface area (Å²) in [5.41, 5.74) is 0. The van der Waals surface area contributed by atoms with Gasteiger partial charge in [0.15, 0.2) is 0 Å². The summed E-state index contributed by atoms with van der Waals surface area (Å²) in [7, 11) is 1.40. The van der Waals surface area contributed by atoms with Crippen LogP contribution in [0.3, 0.4) is 0 Å². The summed E-state index contributed by atoms with van der Waals surface area (Å²) in [5, 5.41) is 0. The summed E-state index contributed by atoms with van der Waals surface area (Å²) in [6.45, 7) is 2.35. The van der Waals surface area contributed by atoms with E-state index in [9.17, 15) is 0 Å². The Kier molecular flexibility index (Phi) is 6.05. The van der Waals surface area contributed by atoms with Crippen molar-refractivity contribution < 1.29 is 0 Å². The Morgan fingerprint density at radius 3 is 1.92 bits per heavy atom. The van der Waals surface area contributed by atoms with Crippen molar-refractivity contribution in [3.8, 4) is 0 Å². The molecule has 1 rings (SSSR count). The predicted molar refractivity (Wildman–Crippen MR) is 62.8 cm³/mol. The Morgan fingerprint density at radius 2 is 1.46 bits per heavy atom. The standard InChI is InChI=1S/C12H23B/c1-13-12-10-8-6-4-2-3-5-7-9-11-12/h2-3,12-13H,4-11H2,1H3/b3-2-. The molecule has 0 amide bonds. The van der Waals surface area contributed by atoms with Gasteiger partial charge in [0.2, 0.25) is 0 Å². The molecule has 0 radical (unpaired) electrons. The number of hydrogen-bond donors (Lipinski definition) is 0. The van der Waals surface area contributed by atoms with Gasteiger partial charge in [0, 0.05) is 0 Å². The number of rotatable bonds is 1. The lowest BCUT2D eigenvalue weighted by Crippen LogP contribution is -2.00. The molecule has 74 valence electrons. The summed E-state index contributed by atoms with van der Waals surface area (Å²) in [5.74, 6) is 1.03. The molecule has 0 unspecified atom stereocenters.